The Bertz CT molecular complexity index is 512. The molecule has 0 radical (unpaired) electrons. The first-order chi connectivity index (χ1) is 11.0. The summed E-state index contributed by atoms with van der Waals surface area (Å²) in [5, 5.41) is 1.77. The van der Waals surface area contributed by atoms with Crippen molar-refractivity contribution >= 4 is 11.8 Å². The average Bonchev–Trinajstić information content (AvgIpc) is 3.03. The normalized spacial score (nSPS) is 42.4. The number of hydrogen-bond acceptors (Lipinski definition) is 1. The van der Waals surface area contributed by atoms with Gasteiger partial charge in [0.05, 0.1) is 0 Å². The molecule has 4 atom stereocenters. The number of rotatable bonds is 2. The lowest BCUT2D eigenvalue weighted by molar-refractivity contribution is 0.544. The Labute approximate surface area is 146 Å². The molecule has 4 aliphatic carbocycles. The number of fused-ring (bicyclic) bond motifs is 2. The molecule has 0 aromatic rings. The Kier molecular flexibility index (Phi) is 4.12. The van der Waals surface area contributed by atoms with Crippen LogP contribution < -0.4 is 0 Å². The van der Waals surface area contributed by atoms with Gasteiger partial charge < -0.3 is 0 Å². The van der Waals surface area contributed by atoms with Crippen LogP contribution in [0.25, 0.3) is 0 Å². The van der Waals surface area contributed by atoms with Crippen molar-refractivity contribution in [2.45, 2.75) is 63.9 Å². The van der Waals surface area contributed by atoms with E-state index in [9.17, 15) is 0 Å². The molecule has 0 nitrogen and oxygen atoms in total. The molecule has 4 aliphatic rings. The van der Waals surface area contributed by atoms with Gasteiger partial charge in [-0.3, -0.25) is 0 Å². The van der Waals surface area contributed by atoms with Crippen molar-refractivity contribution < 1.29 is 0 Å². The molecule has 0 N–H and O–H groups in total. The first-order valence-corrected chi connectivity index (χ1v) is 10.3. The van der Waals surface area contributed by atoms with Gasteiger partial charge in [0.25, 0.3) is 0 Å². The van der Waals surface area contributed by atoms with Crippen LogP contribution in [0.3, 0.4) is 0 Å². The quantitative estimate of drug-likeness (QED) is 0.572. The van der Waals surface area contributed by atoms with E-state index in [4.69, 9.17) is 0 Å². The molecule has 0 saturated heterocycles. The Hall–Kier alpha value is -0.690. The maximum Gasteiger partial charge on any atom is 0.00614 e. The van der Waals surface area contributed by atoms with Crippen molar-refractivity contribution in [2.75, 3.05) is 0 Å². The molecule has 23 heavy (non-hydrogen) atoms. The molecule has 1 heteroatoms. The third-order valence-electron chi connectivity index (χ3n) is 6.73. The van der Waals surface area contributed by atoms with Gasteiger partial charge in [0.1, 0.15) is 0 Å². The number of hydrogen-bond donors (Lipinski definition) is 0. The van der Waals surface area contributed by atoms with Crippen LogP contribution in [-0.4, -0.2) is 10.5 Å². The van der Waals surface area contributed by atoms with Crippen LogP contribution in [-0.2, 0) is 0 Å². The molecule has 0 heterocycles. The molecule has 2 saturated carbocycles. The minimum atomic E-state index is 0.823. The lowest BCUT2D eigenvalue weighted by Crippen LogP contribution is -2.08. The average molecular weight is 327 g/mol. The van der Waals surface area contributed by atoms with Crippen LogP contribution in [0.5, 0.6) is 0 Å². The molecule has 2 fully saturated rings. The molecule has 0 aliphatic heterocycles. The zero-order valence-corrected chi connectivity index (χ0v) is 15.8. The van der Waals surface area contributed by atoms with Crippen molar-refractivity contribution in [3.8, 4) is 0 Å². The molecule has 4 unspecified atom stereocenters. The van der Waals surface area contributed by atoms with Crippen LogP contribution in [0.4, 0.5) is 0 Å². The highest BCUT2D eigenvalue weighted by Crippen LogP contribution is 2.50. The van der Waals surface area contributed by atoms with E-state index in [1.165, 1.54) is 48.0 Å². The van der Waals surface area contributed by atoms with Gasteiger partial charge in [-0.2, -0.15) is 11.8 Å². The SMILES string of the molecule is CC1=CC2CC(SC3CC4C=C(C)C(C)=CC4C3)CC2C=C1C. The monoisotopic (exact) mass is 326 g/mol. The van der Waals surface area contributed by atoms with E-state index in [1.54, 1.807) is 0 Å². The molecule has 4 rings (SSSR count). The first-order valence-electron chi connectivity index (χ1n) is 9.39. The molecule has 0 amide bonds. The molecule has 0 aromatic carbocycles. The fourth-order valence-corrected chi connectivity index (χ4v) is 7.05. The predicted molar refractivity (Wildman–Crippen MR) is 103 cm³/mol. The second-order valence-electron chi connectivity index (χ2n) is 8.38. The lowest BCUT2D eigenvalue weighted by Gasteiger charge is -2.20. The lowest BCUT2D eigenvalue weighted by atomic mass is 9.85. The second-order valence-corrected chi connectivity index (χ2v) is 9.98. The van der Waals surface area contributed by atoms with Gasteiger partial charge in [0, 0.05) is 10.5 Å². The summed E-state index contributed by atoms with van der Waals surface area (Å²) in [4.78, 5) is 0. The van der Waals surface area contributed by atoms with Crippen molar-refractivity contribution in [3.63, 3.8) is 0 Å². The largest absolute Gasteiger partial charge is 0.155 e. The topological polar surface area (TPSA) is 0 Å². The highest BCUT2D eigenvalue weighted by molar-refractivity contribution is 8.00. The van der Waals surface area contributed by atoms with E-state index in [2.05, 4.69) is 63.8 Å². The zero-order valence-electron chi connectivity index (χ0n) is 15.0. The standard InChI is InChI=1S/C22H30S/c1-13-5-17-9-21(10-18(17)6-14(13)2)23-22-11-19-7-15(3)16(4)8-20(19)12-22/h5-8,17-22H,9-12H2,1-4H3. The molecule has 0 bridgehead atoms. The Morgan fingerprint density at radius 2 is 0.826 bits per heavy atom. The van der Waals surface area contributed by atoms with Crippen LogP contribution in [0.15, 0.2) is 46.6 Å². The van der Waals surface area contributed by atoms with Gasteiger partial charge in [-0.15, -0.1) is 0 Å². The van der Waals surface area contributed by atoms with Crippen LogP contribution >= 0.6 is 11.8 Å². The molecule has 0 aromatic heterocycles. The van der Waals surface area contributed by atoms with Gasteiger partial charge >= 0.3 is 0 Å². The van der Waals surface area contributed by atoms with E-state index in [0.29, 0.717) is 0 Å². The summed E-state index contributed by atoms with van der Waals surface area (Å²) in [6.45, 7) is 9.14. The summed E-state index contributed by atoms with van der Waals surface area (Å²) in [6.07, 6.45) is 15.9. The van der Waals surface area contributed by atoms with Crippen LogP contribution in [0.1, 0.15) is 53.4 Å². The predicted octanol–water partition coefficient (Wildman–Crippen LogP) is 6.32. The van der Waals surface area contributed by atoms with Gasteiger partial charge in [0.15, 0.2) is 0 Å². The van der Waals surface area contributed by atoms with E-state index in [1.807, 2.05) is 0 Å². The summed E-state index contributed by atoms with van der Waals surface area (Å²) < 4.78 is 0. The third kappa shape index (κ3) is 3.02. The van der Waals surface area contributed by atoms with Crippen LogP contribution in [0, 0.1) is 23.7 Å². The summed E-state index contributed by atoms with van der Waals surface area (Å²) in [7, 11) is 0. The Morgan fingerprint density at radius 3 is 1.09 bits per heavy atom. The van der Waals surface area contributed by atoms with Crippen molar-refractivity contribution in [3.05, 3.63) is 46.6 Å². The fraction of sp³-hybridized carbons (Fsp3) is 0.636. The summed E-state index contributed by atoms with van der Waals surface area (Å²) in [5.41, 5.74) is 6.07. The van der Waals surface area contributed by atoms with Crippen LogP contribution in [0.2, 0.25) is 0 Å². The van der Waals surface area contributed by atoms with Gasteiger partial charge in [-0.1, -0.05) is 46.6 Å². The molecular formula is C22H30S. The second kappa shape index (κ2) is 5.99. The van der Waals surface area contributed by atoms with E-state index in [-0.39, 0.29) is 0 Å². The van der Waals surface area contributed by atoms with Crippen molar-refractivity contribution in [2.24, 2.45) is 23.7 Å². The van der Waals surface area contributed by atoms with E-state index >= 15 is 0 Å². The van der Waals surface area contributed by atoms with E-state index in [0.717, 1.165) is 34.2 Å². The van der Waals surface area contributed by atoms with Gasteiger partial charge in [-0.25, -0.2) is 0 Å². The van der Waals surface area contributed by atoms with Crippen molar-refractivity contribution in [1.82, 2.24) is 0 Å². The summed E-state index contributed by atoms with van der Waals surface area (Å²) in [5.74, 6) is 3.29. The highest BCUT2D eigenvalue weighted by atomic mass is 32.2. The molecule has 124 valence electrons. The third-order valence-corrected chi connectivity index (χ3v) is 8.26. The summed E-state index contributed by atoms with van der Waals surface area (Å²) in [6, 6.07) is 0. The van der Waals surface area contributed by atoms with Gasteiger partial charge in [-0.05, 0) is 77.0 Å². The highest BCUT2D eigenvalue weighted by Gasteiger charge is 2.39. The number of thioether (sulfide) groups is 1. The van der Waals surface area contributed by atoms with E-state index < -0.39 is 0 Å². The van der Waals surface area contributed by atoms with Crippen molar-refractivity contribution in [1.29, 1.82) is 0 Å². The Balaban J connectivity index is 1.38. The molecular weight excluding hydrogens is 296 g/mol. The summed E-state index contributed by atoms with van der Waals surface area (Å²) >= 11 is 2.33. The fourth-order valence-electron chi connectivity index (χ4n) is 5.18. The van der Waals surface area contributed by atoms with Gasteiger partial charge in [0.2, 0.25) is 0 Å². The maximum absolute atomic E-state index is 2.56. The minimum absolute atomic E-state index is 0.823. The Morgan fingerprint density at radius 1 is 0.565 bits per heavy atom. The first kappa shape index (κ1) is 15.8. The molecule has 0 spiro atoms. The smallest absolute Gasteiger partial charge is 0.00614 e. The maximum atomic E-state index is 2.56. The zero-order chi connectivity index (χ0) is 16.1. The minimum Gasteiger partial charge on any atom is -0.155 e. The number of allylic oxidation sites excluding steroid dienone is 8.